The second-order valence-electron chi connectivity index (χ2n) is 7.14. The van der Waals surface area contributed by atoms with E-state index < -0.39 is 5.92 Å². The monoisotopic (exact) mass is 434 g/mol. The SMILES string of the molecule is CN(Cc1cccc(Cl)c1Cl)C(=O)[C@H]1CC(=O)N(c2ccc3c(c2)OCCO3)C1. The molecule has 2 aliphatic heterocycles. The molecule has 1 atom stereocenters. The number of hydrogen-bond donors (Lipinski definition) is 0. The zero-order valence-corrected chi connectivity index (χ0v) is 17.4. The number of rotatable bonds is 4. The van der Waals surface area contributed by atoms with E-state index in [1.54, 1.807) is 41.1 Å². The lowest BCUT2D eigenvalue weighted by Gasteiger charge is -2.23. The summed E-state index contributed by atoms with van der Waals surface area (Å²) in [6, 6.07) is 10.7. The molecule has 29 heavy (non-hydrogen) atoms. The normalized spacial score (nSPS) is 18.1. The van der Waals surface area contributed by atoms with Gasteiger partial charge in [0.2, 0.25) is 11.8 Å². The minimum Gasteiger partial charge on any atom is -0.486 e. The fourth-order valence-electron chi connectivity index (χ4n) is 3.64. The molecule has 2 aromatic carbocycles. The highest BCUT2D eigenvalue weighted by molar-refractivity contribution is 6.42. The summed E-state index contributed by atoms with van der Waals surface area (Å²) in [6.07, 6.45) is 0.168. The van der Waals surface area contributed by atoms with Crippen LogP contribution in [-0.2, 0) is 16.1 Å². The average molecular weight is 435 g/mol. The maximum absolute atomic E-state index is 12.9. The predicted octanol–water partition coefficient (Wildman–Crippen LogP) is 3.78. The van der Waals surface area contributed by atoms with Gasteiger partial charge in [0, 0.05) is 38.3 Å². The van der Waals surface area contributed by atoms with Gasteiger partial charge >= 0.3 is 0 Å². The first-order valence-electron chi connectivity index (χ1n) is 9.32. The van der Waals surface area contributed by atoms with Crippen LogP contribution in [-0.4, -0.2) is 43.5 Å². The van der Waals surface area contributed by atoms with E-state index in [0.717, 1.165) is 5.56 Å². The van der Waals surface area contributed by atoms with Crippen LogP contribution in [0.5, 0.6) is 11.5 Å². The summed E-state index contributed by atoms with van der Waals surface area (Å²) in [5.74, 6) is 0.670. The molecule has 0 aromatic heterocycles. The highest BCUT2D eigenvalue weighted by Gasteiger charge is 2.37. The molecule has 2 aromatic rings. The molecule has 0 aliphatic carbocycles. The van der Waals surface area contributed by atoms with Crippen molar-refractivity contribution in [2.75, 3.05) is 31.7 Å². The lowest BCUT2D eigenvalue weighted by molar-refractivity contribution is -0.135. The third-order valence-electron chi connectivity index (χ3n) is 5.13. The third kappa shape index (κ3) is 4.00. The Hall–Kier alpha value is -2.44. The average Bonchev–Trinajstić information content (AvgIpc) is 3.12. The van der Waals surface area contributed by atoms with Gasteiger partial charge in [-0.25, -0.2) is 0 Å². The Balaban J connectivity index is 1.45. The molecular weight excluding hydrogens is 415 g/mol. The Bertz CT molecular complexity index is 966. The van der Waals surface area contributed by atoms with E-state index in [4.69, 9.17) is 32.7 Å². The van der Waals surface area contributed by atoms with Gasteiger partial charge in [0.25, 0.3) is 0 Å². The Kier molecular flexibility index (Phi) is 5.56. The molecule has 1 saturated heterocycles. The molecule has 6 nitrogen and oxygen atoms in total. The van der Waals surface area contributed by atoms with Gasteiger partial charge in [0.05, 0.1) is 16.0 Å². The molecule has 0 radical (unpaired) electrons. The van der Waals surface area contributed by atoms with Crippen molar-refractivity contribution >= 4 is 40.7 Å². The lowest BCUT2D eigenvalue weighted by atomic mass is 10.1. The third-order valence-corrected chi connectivity index (χ3v) is 5.99. The topological polar surface area (TPSA) is 59.1 Å². The fourth-order valence-corrected chi connectivity index (χ4v) is 4.02. The van der Waals surface area contributed by atoms with Crippen molar-refractivity contribution in [1.82, 2.24) is 4.90 Å². The van der Waals surface area contributed by atoms with Gasteiger partial charge < -0.3 is 19.3 Å². The maximum Gasteiger partial charge on any atom is 0.228 e. The minimum atomic E-state index is -0.418. The second kappa shape index (κ2) is 8.13. The van der Waals surface area contributed by atoms with Crippen molar-refractivity contribution in [1.29, 1.82) is 0 Å². The summed E-state index contributed by atoms with van der Waals surface area (Å²) < 4.78 is 11.1. The van der Waals surface area contributed by atoms with Crippen molar-refractivity contribution in [2.45, 2.75) is 13.0 Å². The van der Waals surface area contributed by atoms with E-state index >= 15 is 0 Å². The van der Waals surface area contributed by atoms with E-state index in [1.807, 2.05) is 12.1 Å². The molecule has 2 amide bonds. The predicted molar refractivity (Wildman–Crippen MR) is 111 cm³/mol. The van der Waals surface area contributed by atoms with Crippen LogP contribution in [0.25, 0.3) is 0 Å². The Morgan fingerprint density at radius 3 is 2.72 bits per heavy atom. The maximum atomic E-state index is 12.9. The van der Waals surface area contributed by atoms with Crippen LogP contribution in [0.2, 0.25) is 10.0 Å². The van der Waals surface area contributed by atoms with E-state index in [-0.39, 0.29) is 18.2 Å². The molecule has 8 heteroatoms. The van der Waals surface area contributed by atoms with E-state index in [0.29, 0.717) is 53.5 Å². The molecule has 0 saturated carbocycles. The number of benzene rings is 2. The van der Waals surface area contributed by atoms with Gasteiger partial charge in [0.15, 0.2) is 11.5 Å². The zero-order valence-electron chi connectivity index (χ0n) is 15.9. The number of anilines is 1. The molecule has 4 rings (SSSR count). The molecule has 0 N–H and O–H groups in total. The molecule has 0 spiro atoms. The number of carbonyl (C=O) groups excluding carboxylic acids is 2. The molecule has 2 heterocycles. The minimum absolute atomic E-state index is 0.0887. The van der Waals surface area contributed by atoms with Crippen LogP contribution < -0.4 is 14.4 Å². The quantitative estimate of drug-likeness (QED) is 0.734. The number of hydrogen-bond acceptors (Lipinski definition) is 4. The first kappa shape index (κ1) is 19.9. The Morgan fingerprint density at radius 1 is 1.17 bits per heavy atom. The smallest absolute Gasteiger partial charge is 0.228 e. The van der Waals surface area contributed by atoms with Gasteiger partial charge in [0.1, 0.15) is 13.2 Å². The number of ether oxygens (including phenoxy) is 2. The van der Waals surface area contributed by atoms with Gasteiger partial charge in [-0.1, -0.05) is 35.3 Å². The summed E-state index contributed by atoms with van der Waals surface area (Å²) in [7, 11) is 1.71. The number of halogens is 2. The van der Waals surface area contributed by atoms with Crippen molar-refractivity contribution in [2.24, 2.45) is 5.92 Å². The fraction of sp³-hybridized carbons (Fsp3) is 0.333. The van der Waals surface area contributed by atoms with Crippen LogP contribution in [0.15, 0.2) is 36.4 Å². The van der Waals surface area contributed by atoms with Crippen LogP contribution in [0, 0.1) is 5.92 Å². The largest absolute Gasteiger partial charge is 0.486 e. The van der Waals surface area contributed by atoms with Gasteiger partial charge in [-0.05, 0) is 23.8 Å². The first-order chi connectivity index (χ1) is 13.9. The van der Waals surface area contributed by atoms with Crippen LogP contribution in [0.4, 0.5) is 5.69 Å². The number of fused-ring (bicyclic) bond motifs is 1. The molecule has 0 bridgehead atoms. The van der Waals surface area contributed by atoms with Crippen molar-refractivity contribution in [3.8, 4) is 11.5 Å². The van der Waals surface area contributed by atoms with Crippen LogP contribution in [0.1, 0.15) is 12.0 Å². The Labute approximate surface area is 178 Å². The van der Waals surface area contributed by atoms with Crippen LogP contribution >= 0.6 is 23.2 Å². The highest BCUT2D eigenvalue weighted by Crippen LogP contribution is 2.36. The van der Waals surface area contributed by atoms with Crippen LogP contribution in [0.3, 0.4) is 0 Å². The molecule has 0 unspecified atom stereocenters. The lowest BCUT2D eigenvalue weighted by Crippen LogP contribution is -2.34. The zero-order chi connectivity index (χ0) is 20.5. The van der Waals surface area contributed by atoms with Gasteiger partial charge in [-0.2, -0.15) is 0 Å². The number of carbonyl (C=O) groups is 2. The molecule has 1 fully saturated rings. The molecule has 2 aliphatic rings. The van der Waals surface area contributed by atoms with E-state index in [2.05, 4.69) is 0 Å². The van der Waals surface area contributed by atoms with Crippen molar-refractivity contribution in [3.63, 3.8) is 0 Å². The van der Waals surface area contributed by atoms with E-state index in [1.165, 1.54) is 0 Å². The van der Waals surface area contributed by atoms with Gasteiger partial charge in [-0.15, -0.1) is 0 Å². The summed E-state index contributed by atoms with van der Waals surface area (Å²) in [4.78, 5) is 28.7. The summed E-state index contributed by atoms with van der Waals surface area (Å²) in [5.41, 5.74) is 1.47. The molecule has 152 valence electrons. The Morgan fingerprint density at radius 2 is 1.93 bits per heavy atom. The van der Waals surface area contributed by atoms with E-state index in [9.17, 15) is 9.59 Å². The van der Waals surface area contributed by atoms with Gasteiger partial charge in [-0.3, -0.25) is 9.59 Å². The summed E-state index contributed by atoms with van der Waals surface area (Å²) >= 11 is 12.3. The van der Waals surface area contributed by atoms with Crippen molar-refractivity contribution in [3.05, 3.63) is 52.0 Å². The second-order valence-corrected chi connectivity index (χ2v) is 7.93. The number of nitrogens with zero attached hydrogens (tertiary/aromatic N) is 2. The first-order valence-corrected chi connectivity index (χ1v) is 10.1. The standard InChI is InChI=1S/C21H20Cl2N2O4/c1-24(11-13-3-2-4-16(22)20(13)23)21(27)14-9-19(26)25(12-14)15-5-6-17-18(10-15)29-8-7-28-17/h2-6,10,14H,7-9,11-12H2,1H3/t14-/m0/s1. The highest BCUT2D eigenvalue weighted by atomic mass is 35.5. The summed E-state index contributed by atoms with van der Waals surface area (Å²) in [5, 5.41) is 0.889. The van der Waals surface area contributed by atoms with Crippen molar-refractivity contribution < 1.29 is 19.1 Å². The summed E-state index contributed by atoms with van der Waals surface area (Å²) in [6.45, 7) is 1.63. The number of amides is 2. The molecular formula is C21H20Cl2N2O4.